The molecule has 0 aliphatic rings. The van der Waals surface area contributed by atoms with Crippen LogP contribution in [0.3, 0.4) is 0 Å². The third kappa shape index (κ3) is 5.79. The lowest BCUT2D eigenvalue weighted by molar-refractivity contribution is -0.147. The van der Waals surface area contributed by atoms with Crippen LogP contribution in [-0.2, 0) is 20.9 Å². The number of esters is 1. The zero-order valence-electron chi connectivity index (χ0n) is 17.1. The first kappa shape index (κ1) is 22.2. The molecule has 2 aromatic carbocycles. The molecule has 0 bridgehead atoms. The predicted molar refractivity (Wildman–Crippen MR) is 116 cm³/mol. The zero-order valence-corrected chi connectivity index (χ0v) is 17.8. The van der Waals surface area contributed by atoms with E-state index >= 15 is 0 Å². The number of hydrogen-bond donors (Lipinski definition) is 0. The van der Waals surface area contributed by atoms with Gasteiger partial charge in [-0.1, -0.05) is 41.9 Å². The van der Waals surface area contributed by atoms with Gasteiger partial charge in [-0.15, -0.1) is 0 Å². The van der Waals surface area contributed by atoms with Crippen molar-refractivity contribution >= 4 is 29.6 Å². The monoisotopic (exact) mass is 441 g/mol. The van der Waals surface area contributed by atoms with Gasteiger partial charge in [-0.3, -0.25) is 4.79 Å². The molecule has 0 aliphatic heterocycles. The Balaban J connectivity index is 1.58. The Kier molecular flexibility index (Phi) is 7.20. The Morgan fingerprint density at radius 1 is 1.16 bits per heavy atom. The highest BCUT2D eigenvalue weighted by molar-refractivity contribution is 6.31. The van der Waals surface area contributed by atoms with Crippen molar-refractivity contribution < 1.29 is 18.7 Å². The smallest absolute Gasteiger partial charge is 0.331 e. The summed E-state index contributed by atoms with van der Waals surface area (Å²) in [5.41, 5.74) is 2.67. The molecule has 1 amide bonds. The fraction of sp³-hybridized carbons (Fsp3) is 0.174. The van der Waals surface area contributed by atoms with Gasteiger partial charge in [0.25, 0.3) is 5.91 Å². The predicted octanol–water partition coefficient (Wildman–Crippen LogP) is 4.19. The van der Waals surface area contributed by atoms with Crippen LogP contribution in [0.5, 0.6) is 0 Å². The van der Waals surface area contributed by atoms with Crippen LogP contribution >= 0.6 is 11.6 Å². The van der Waals surface area contributed by atoms with Gasteiger partial charge in [-0.25, -0.2) is 13.9 Å². The summed E-state index contributed by atoms with van der Waals surface area (Å²) >= 11 is 6.38. The molecule has 0 saturated heterocycles. The normalized spacial score (nSPS) is 11.0. The number of aromatic nitrogens is 2. The molecule has 0 unspecified atom stereocenters. The van der Waals surface area contributed by atoms with Crippen molar-refractivity contribution in [1.82, 2.24) is 14.7 Å². The van der Waals surface area contributed by atoms with E-state index in [1.807, 2.05) is 30.3 Å². The number of carbonyl (C=O) groups is 2. The molecule has 1 aromatic heterocycles. The van der Waals surface area contributed by atoms with Gasteiger partial charge in [-0.2, -0.15) is 5.10 Å². The maximum Gasteiger partial charge on any atom is 0.331 e. The average Bonchev–Trinajstić information content (AvgIpc) is 3.05. The molecule has 0 spiro atoms. The largest absolute Gasteiger partial charge is 0.452 e. The number of nitrogens with zero attached hydrogens (tertiary/aromatic N) is 3. The lowest BCUT2D eigenvalue weighted by atomic mass is 10.2. The molecular formula is C23H21ClFN3O3. The summed E-state index contributed by atoms with van der Waals surface area (Å²) < 4.78 is 19.6. The Hall–Kier alpha value is -3.45. The fourth-order valence-electron chi connectivity index (χ4n) is 2.84. The van der Waals surface area contributed by atoms with Crippen molar-refractivity contribution in [3.8, 4) is 5.69 Å². The van der Waals surface area contributed by atoms with Gasteiger partial charge >= 0.3 is 5.97 Å². The molecule has 3 aromatic rings. The number of aryl methyl sites for hydroxylation is 1. The van der Waals surface area contributed by atoms with Gasteiger partial charge in [-0.05, 0) is 42.8 Å². The highest BCUT2D eigenvalue weighted by Crippen LogP contribution is 2.24. The third-order valence-electron chi connectivity index (χ3n) is 4.53. The summed E-state index contributed by atoms with van der Waals surface area (Å²) in [5.74, 6) is -1.36. The second kappa shape index (κ2) is 10.0. The van der Waals surface area contributed by atoms with Crippen LogP contribution < -0.4 is 0 Å². The zero-order chi connectivity index (χ0) is 22.4. The number of halogens is 2. The van der Waals surface area contributed by atoms with Gasteiger partial charge in [0.15, 0.2) is 6.61 Å². The molecule has 0 radical (unpaired) electrons. The summed E-state index contributed by atoms with van der Waals surface area (Å²) in [6.07, 6.45) is 2.67. The van der Waals surface area contributed by atoms with Gasteiger partial charge in [0, 0.05) is 25.2 Å². The van der Waals surface area contributed by atoms with Gasteiger partial charge in [0.05, 0.1) is 11.4 Å². The molecule has 8 heteroatoms. The van der Waals surface area contributed by atoms with E-state index in [1.165, 1.54) is 33.9 Å². The number of amides is 1. The topological polar surface area (TPSA) is 64.4 Å². The summed E-state index contributed by atoms with van der Waals surface area (Å²) in [6.45, 7) is 1.79. The summed E-state index contributed by atoms with van der Waals surface area (Å²) in [4.78, 5) is 25.7. The summed E-state index contributed by atoms with van der Waals surface area (Å²) in [6, 6.07) is 15.2. The minimum Gasteiger partial charge on any atom is -0.452 e. The Morgan fingerprint density at radius 3 is 2.52 bits per heavy atom. The van der Waals surface area contributed by atoms with E-state index in [0.29, 0.717) is 23.5 Å². The summed E-state index contributed by atoms with van der Waals surface area (Å²) in [7, 11) is 1.64. The average molecular weight is 442 g/mol. The van der Waals surface area contributed by atoms with E-state index < -0.39 is 5.97 Å². The number of carbonyl (C=O) groups excluding carboxylic acids is 2. The van der Waals surface area contributed by atoms with E-state index in [9.17, 15) is 14.0 Å². The van der Waals surface area contributed by atoms with Crippen LogP contribution in [0.2, 0.25) is 5.15 Å². The number of benzene rings is 2. The SMILES string of the molecule is Cc1nn(-c2ccc(F)cc2)c(Cl)c1/C=C/C(=O)OCC(=O)N(C)Cc1ccccc1. The molecule has 0 fully saturated rings. The quantitative estimate of drug-likeness (QED) is 0.407. The minimum absolute atomic E-state index is 0.270. The van der Waals surface area contributed by atoms with E-state index in [4.69, 9.17) is 16.3 Å². The van der Waals surface area contributed by atoms with Crippen molar-refractivity contribution in [2.45, 2.75) is 13.5 Å². The Morgan fingerprint density at radius 2 is 1.84 bits per heavy atom. The standard InChI is InChI=1S/C23H21ClFN3O3/c1-16-20(23(24)28(26-16)19-10-8-18(25)9-11-19)12-13-22(30)31-15-21(29)27(2)14-17-6-4-3-5-7-17/h3-13H,14-15H2,1-2H3/b13-12+. The number of ether oxygens (including phenoxy) is 1. The second-order valence-corrected chi connectivity index (χ2v) is 7.21. The van der Waals surface area contributed by atoms with Crippen LogP contribution in [0.25, 0.3) is 11.8 Å². The van der Waals surface area contributed by atoms with E-state index in [2.05, 4.69) is 5.10 Å². The molecule has 0 atom stereocenters. The molecule has 31 heavy (non-hydrogen) atoms. The maximum absolute atomic E-state index is 13.1. The van der Waals surface area contributed by atoms with Crippen molar-refractivity contribution in [3.63, 3.8) is 0 Å². The van der Waals surface area contributed by atoms with Gasteiger partial charge in [0.2, 0.25) is 0 Å². The molecule has 160 valence electrons. The lowest BCUT2D eigenvalue weighted by Gasteiger charge is -2.16. The highest BCUT2D eigenvalue weighted by atomic mass is 35.5. The molecule has 1 heterocycles. The summed E-state index contributed by atoms with van der Waals surface area (Å²) in [5, 5.41) is 4.59. The first-order chi connectivity index (χ1) is 14.8. The van der Waals surface area contributed by atoms with Crippen LogP contribution in [0.15, 0.2) is 60.7 Å². The molecule has 0 saturated carbocycles. The molecule has 6 nitrogen and oxygen atoms in total. The van der Waals surface area contributed by atoms with Crippen LogP contribution in [0, 0.1) is 12.7 Å². The van der Waals surface area contributed by atoms with E-state index in [0.717, 1.165) is 5.56 Å². The molecule has 0 N–H and O–H groups in total. The van der Waals surface area contributed by atoms with Gasteiger partial charge < -0.3 is 9.64 Å². The van der Waals surface area contributed by atoms with Crippen LogP contribution in [0.1, 0.15) is 16.8 Å². The van der Waals surface area contributed by atoms with E-state index in [1.54, 1.807) is 26.1 Å². The Labute approximate surface area is 184 Å². The molecular weight excluding hydrogens is 421 g/mol. The number of hydrogen-bond acceptors (Lipinski definition) is 4. The second-order valence-electron chi connectivity index (χ2n) is 6.85. The van der Waals surface area contributed by atoms with Gasteiger partial charge in [0.1, 0.15) is 11.0 Å². The number of rotatable bonds is 7. The van der Waals surface area contributed by atoms with Crippen molar-refractivity contribution in [2.24, 2.45) is 0 Å². The first-order valence-electron chi connectivity index (χ1n) is 9.49. The third-order valence-corrected chi connectivity index (χ3v) is 4.90. The highest BCUT2D eigenvalue weighted by Gasteiger charge is 2.14. The van der Waals surface area contributed by atoms with Crippen LogP contribution in [-0.4, -0.2) is 40.2 Å². The fourth-order valence-corrected chi connectivity index (χ4v) is 3.18. The Bertz CT molecular complexity index is 1100. The molecule has 3 rings (SSSR count). The number of likely N-dealkylation sites (N-methyl/N-ethyl adjacent to an activating group) is 1. The molecule has 0 aliphatic carbocycles. The van der Waals surface area contributed by atoms with E-state index in [-0.39, 0.29) is 23.5 Å². The van der Waals surface area contributed by atoms with Crippen molar-refractivity contribution in [1.29, 1.82) is 0 Å². The van der Waals surface area contributed by atoms with Crippen LogP contribution in [0.4, 0.5) is 4.39 Å². The minimum atomic E-state index is -0.675. The van der Waals surface area contributed by atoms with Crippen molar-refractivity contribution in [3.05, 3.63) is 88.5 Å². The van der Waals surface area contributed by atoms with Crippen molar-refractivity contribution in [2.75, 3.05) is 13.7 Å². The maximum atomic E-state index is 13.1. The lowest BCUT2D eigenvalue weighted by Crippen LogP contribution is -2.30. The first-order valence-corrected chi connectivity index (χ1v) is 9.86.